The fraction of sp³-hybridized carbons (Fsp3) is 0.310. The van der Waals surface area contributed by atoms with Crippen LogP contribution >= 0.6 is 23.2 Å². The maximum atomic E-state index is 14.0. The molecule has 3 rings (SSSR count). The van der Waals surface area contributed by atoms with Crippen LogP contribution in [0.5, 0.6) is 0 Å². The number of nitrogens with one attached hydrogen (secondary N) is 1. The molecule has 0 aliphatic heterocycles. The van der Waals surface area contributed by atoms with Crippen molar-refractivity contribution in [3.05, 3.63) is 94.0 Å². The van der Waals surface area contributed by atoms with E-state index in [0.717, 1.165) is 10.7 Å². The van der Waals surface area contributed by atoms with E-state index in [1.165, 1.54) is 17.0 Å². The number of rotatable bonds is 12. The maximum absolute atomic E-state index is 14.0. The van der Waals surface area contributed by atoms with Gasteiger partial charge in [0.15, 0.2) is 0 Å². The van der Waals surface area contributed by atoms with Crippen LogP contribution < -0.4 is 9.62 Å². The highest BCUT2D eigenvalue weighted by molar-refractivity contribution is 7.92. The van der Waals surface area contributed by atoms with Gasteiger partial charge in [-0.25, -0.2) is 8.42 Å². The van der Waals surface area contributed by atoms with E-state index in [-0.39, 0.29) is 17.3 Å². The molecular weight excluding hydrogens is 557 g/mol. The van der Waals surface area contributed by atoms with E-state index in [0.29, 0.717) is 39.8 Å². The van der Waals surface area contributed by atoms with Gasteiger partial charge in [0.05, 0.1) is 10.6 Å². The molecule has 39 heavy (non-hydrogen) atoms. The molecule has 10 heteroatoms. The molecule has 0 saturated carbocycles. The van der Waals surface area contributed by atoms with Crippen LogP contribution in [-0.2, 0) is 26.2 Å². The lowest BCUT2D eigenvalue weighted by atomic mass is 10.1. The van der Waals surface area contributed by atoms with Crippen LogP contribution in [0, 0.1) is 6.92 Å². The predicted octanol–water partition coefficient (Wildman–Crippen LogP) is 5.83. The molecule has 1 atom stereocenters. The van der Waals surface area contributed by atoms with Crippen molar-refractivity contribution in [2.75, 3.05) is 17.4 Å². The van der Waals surface area contributed by atoms with Gasteiger partial charge >= 0.3 is 0 Å². The molecule has 0 heterocycles. The molecule has 0 fully saturated rings. The second-order valence-corrected chi connectivity index (χ2v) is 11.8. The molecule has 1 N–H and O–H groups in total. The summed E-state index contributed by atoms with van der Waals surface area (Å²) in [6.07, 6.45) is 1.07. The number of aryl methyl sites for hydroxylation is 1. The zero-order valence-corrected chi connectivity index (χ0v) is 24.6. The third-order valence-electron chi connectivity index (χ3n) is 6.27. The van der Waals surface area contributed by atoms with E-state index >= 15 is 0 Å². The molecular formula is C29H33Cl2N3O4S. The maximum Gasteiger partial charge on any atom is 0.264 e. The minimum Gasteiger partial charge on any atom is -0.354 e. The van der Waals surface area contributed by atoms with E-state index in [2.05, 4.69) is 5.32 Å². The topological polar surface area (TPSA) is 86.8 Å². The van der Waals surface area contributed by atoms with Crippen LogP contribution in [0.2, 0.25) is 10.0 Å². The van der Waals surface area contributed by atoms with Crippen molar-refractivity contribution in [1.29, 1.82) is 0 Å². The SMILES string of the molecule is CCCNC(=O)C(CC)N(Cc1ccccc1Cl)C(=O)CN(c1ccc(Cl)cc1C)S(=O)(=O)c1ccccc1. The number of nitrogens with zero attached hydrogens (tertiary/aromatic N) is 2. The highest BCUT2D eigenvalue weighted by Crippen LogP contribution is 2.30. The number of anilines is 1. The Morgan fingerprint density at radius 3 is 2.23 bits per heavy atom. The van der Waals surface area contributed by atoms with Crippen molar-refractivity contribution in [2.45, 2.75) is 51.1 Å². The number of benzene rings is 3. The average molecular weight is 591 g/mol. The minimum absolute atomic E-state index is 0.0371. The first-order valence-electron chi connectivity index (χ1n) is 12.7. The normalized spacial score (nSPS) is 12.0. The highest BCUT2D eigenvalue weighted by Gasteiger charge is 2.34. The number of amides is 2. The standard InChI is InChI=1S/C29H33Cl2N3O4S/c1-4-17-32-29(36)26(5-2)33(19-22-11-9-10-14-25(22)31)28(35)20-34(27-16-15-23(30)18-21(27)3)39(37,38)24-12-7-6-8-13-24/h6-16,18,26H,4-5,17,19-20H2,1-3H3,(H,32,36). The Balaban J connectivity index is 2.08. The summed E-state index contributed by atoms with van der Waals surface area (Å²) >= 11 is 12.6. The van der Waals surface area contributed by atoms with E-state index < -0.39 is 28.5 Å². The van der Waals surface area contributed by atoms with Crippen molar-refractivity contribution in [3.8, 4) is 0 Å². The lowest BCUT2D eigenvalue weighted by Gasteiger charge is -2.33. The van der Waals surface area contributed by atoms with Gasteiger partial charge in [0.25, 0.3) is 10.0 Å². The summed E-state index contributed by atoms with van der Waals surface area (Å²) < 4.78 is 28.8. The summed E-state index contributed by atoms with van der Waals surface area (Å²) in [4.78, 5) is 28.6. The van der Waals surface area contributed by atoms with E-state index in [4.69, 9.17) is 23.2 Å². The molecule has 208 valence electrons. The molecule has 2 amide bonds. The third-order valence-corrected chi connectivity index (χ3v) is 8.65. The fourth-order valence-electron chi connectivity index (χ4n) is 4.23. The first-order chi connectivity index (χ1) is 18.6. The van der Waals surface area contributed by atoms with Gasteiger partial charge < -0.3 is 10.2 Å². The predicted molar refractivity (Wildman–Crippen MR) is 157 cm³/mol. The highest BCUT2D eigenvalue weighted by atomic mass is 35.5. The van der Waals surface area contributed by atoms with Crippen molar-refractivity contribution in [3.63, 3.8) is 0 Å². The zero-order chi connectivity index (χ0) is 28.6. The van der Waals surface area contributed by atoms with Crippen molar-refractivity contribution >= 4 is 50.7 Å². The molecule has 0 aromatic heterocycles. The summed E-state index contributed by atoms with van der Waals surface area (Å²) in [5, 5.41) is 3.75. The number of hydrogen-bond donors (Lipinski definition) is 1. The first-order valence-corrected chi connectivity index (χ1v) is 14.9. The molecule has 3 aromatic rings. The molecule has 0 spiro atoms. The van der Waals surface area contributed by atoms with Gasteiger partial charge in [-0.1, -0.05) is 73.4 Å². The van der Waals surface area contributed by atoms with Crippen LogP contribution in [-0.4, -0.2) is 44.3 Å². The summed E-state index contributed by atoms with van der Waals surface area (Å²) in [6.45, 7) is 5.45. The quantitative estimate of drug-likeness (QED) is 0.288. The smallest absolute Gasteiger partial charge is 0.264 e. The average Bonchev–Trinajstić information content (AvgIpc) is 2.92. The van der Waals surface area contributed by atoms with Crippen LogP contribution in [0.4, 0.5) is 5.69 Å². The minimum atomic E-state index is -4.15. The number of carbonyl (C=O) groups is 2. The monoisotopic (exact) mass is 589 g/mol. The Bertz CT molecular complexity index is 1400. The second kappa shape index (κ2) is 13.8. The molecule has 0 bridgehead atoms. The van der Waals surface area contributed by atoms with Gasteiger partial charge in [-0.2, -0.15) is 0 Å². The van der Waals surface area contributed by atoms with Crippen molar-refractivity contribution < 1.29 is 18.0 Å². The summed E-state index contributed by atoms with van der Waals surface area (Å²) in [5.74, 6) is -0.845. The van der Waals surface area contributed by atoms with Gasteiger partial charge in [-0.15, -0.1) is 0 Å². The van der Waals surface area contributed by atoms with E-state index in [1.54, 1.807) is 67.6 Å². The number of carbonyl (C=O) groups excluding carboxylic acids is 2. The van der Waals surface area contributed by atoms with Crippen molar-refractivity contribution in [1.82, 2.24) is 10.2 Å². The van der Waals surface area contributed by atoms with E-state index in [1.807, 2.05) is 13.8 Å². The third kappa shape index (κ3) is 7.53. The molecule has 0 radical (unpaired) electrons. The summed E-state index contributed by atoms with van der Waals surface area (Å²) in [7, 11) is -4.15. The van der Waals surface area contributed by atoms with Gasteiger partial charge in [0.2, 0.25) is 11.8 Å². The Morgan fingerprint density at radius 2 is 1.62 bits per heavy atom. The van der Waals surface area contributed by atoms with Crippen LogP contribution in [0.15, 0.2) is 77.7 Å². The largest absolute Gasteiger partial charge is 0.354 e. The van der Waals surface area contributed by atoms with Crippen LogP contribution in [0.3, 0.4) is 0 Å². The van der Waals surface area contributed by atoms with E-state index in [9.17, 15) is 18.0 Å². The zero-order valence-electron chi connectivity index (χ0n) is 22.2. The molecule has 7 nitrogen and oxygen atoms in total. The van der Waals surface area contributed by atoms with Gasteiger partial charge in [0.1, 0.15) is 12.6 Å². The summed E-state index contributed by atoms with van der Waals surface area (Å²) in [5.41, 5.74) is 1.55. The Kier molecular flexibility index (Phi) is 10.8. The van der Waals surface area contributed by atoms with Gasteiger partial charge in [-0.05, 0) is 67.3 Å². The van der Waals surface area contributed by atoms with Gasteiger partial charge in [-0.3, -0.25) is 13.9 Å². The Morgan fingerprint density at radius 1 is 0.949 bits per heavy atom. The second-order valence-electron chi connectivity index (χ2n) is 9.08. The lowest BCUT2D eigenvalue weighted by molar-refractivity contribution is -0.140. The van der Waals surface area contributed by atoms with Gasteiger partial charge in [0, 0.05) is 23.1 Å². The Labute approximate surface area is 240 Å². The van der Waals surface area contributed by atoms with Crippen LogP contribution in [0.25, 0.3) is 0 Å². The molecule has 3 aromatic carbocycles. The van der Waals surface area contributed by atoms with Crippen LogP contribution in [0.1, 0.15) is 37.8 Å². The molecule has 1 unspecified atom stereocenters. The Hall–Kier alpha value is -3.07. The summed E-state index contributed by atoms with van der Waals surface area (Å²) in [6, 6.07) is 19.0. The molecule has 0 saturated heterocycles. The number of sulfonamides is 1. The lowest BCUT2D eigenvalue weighted by Crippen LogP contribution is -2.52. The molecule has 0 aliphatic rings. The fourth-order valence-corrected chi connectivity index (χ4v) is 6.15. The molecule has 0 aliphatic carbocycles. The number of halogens is 2. The van der Waals surface area contributed by atoms with Crippen molar-refractivity contribution in [2.24, 2.45) is 0 Å². The first kappa shape index (κ1) is 30.5. The number of hydrogen-bond acceptors (Lipinski definition) is 4.